The van der Waals surface area contributed by atoms with Gasteiger partial charge in [-0.1, -0.05) is 6.42 Å². The maximum atomic E-state index is 14.4. The Morgan fingerprint density at radius 2 is 2.00 bits per heavy atom. The van der Waals surface area contributed by atoms with Crippen molar-refractivity contribution in [3.05, 3.63) is 35.0 Å². The van der Waals surface area contributed by atoms with Crippen molar-refractivity contribution in [2.45, 2.75) is 44.2 Å². The van der Waals surface area contributed by atoms with Gasteiger partial charge in [-0.25, -0.2) is 8.78 Å². The van der Waals surface area contributed by atoms with Crippen LogP contribution in [0.1, 0.15) is 36.3 Å². The number of aromatic nitrogens is 1. The van der Waals surface area contributed by atoms with E-state index in [1.807, 2.05) is 14.1 Å². The molecule has 1 saturated carbocycles. The molecular weight excluding hydrogens is 270 g/mol. The zero-order chi connectivity index (χ0) is 14.7. The van der Waals surface area contributed by atoms with Crippen molar-refractivity contribution in [3.8, 4) is 0 Å². The molecule has 0 bridgehead atoms. The molecule has 0 radical (unpaired) electrons. The molecule has 4 heteroatoms. The number of nitrogens with zero attached hydrogens (tertiary/aromatic N) is 2. The number of halogens is 2. The molecule has 1 aromatic heterocycles. The van der Waals surface area contributed by atoms with Gasteiger partial charge < -0.3 is 9.47 Å². The van der Waals surface area contributed by atoms with Crippen LogP contribution in [-0.2, 0) is 13.0 Å². The van der Waals surface area contributed by atoms with Gasteiger partial charge in [0.1, 0.15) is 0 Å². The first kappa shape index (κ1) is 13.3. The van der Waals surface area contributed by atoms with Crippen LogP contribution in [-0.4, -0.2) is 29.6 Å². The molecule has 1 aliphatic heterocycles. The van der Waals surface area contributed by atoms with Crippen LogP contribution in [0.3, 0.4) is 0 Å². The van der Waals surface area contributed by atoms with Gasteiger partial charge in [0.15, 0.2) is 11.6 Å². The molecule has 21 heavy (non-hydrogen) atoms. The van der Waals surface area contributed by atoms with Crippen molar-refractivity contribution < 1.29 is 8.78 Å². The van der Waals surface area contributed by atoms with Crippen LogP contribution >= 0.6 is 0 Å². The molecule has 0 spiro atoms. The van der Waals surface area contributed by atoms with Crippen molar-refractivity contribution in [3.63, 3.8) is 0 Å². The average Bonchev–Trinajstić information content (AvgIpc) is 2.73. The van der Waals surface area contributed by atoms with E-state index in [1.165, 1.54) is 12.5 Å². The van der Waals surface area contributed by atoms with E-state index in [0.717, 1.165) is 42.5 Å². The highest BCUT2D eigenvalue weighted by Crippen LogP contribution is 2.43. The topological polar surface area (TPSA) is 8.17 Å². The van der Waals surface area contributed by atoms with Crippen LogP contribution in [0.15, 0.2) is 12.3 Å². The smallest absolute Gasteiger partial charge is 0.168 e. The third kappa shape index (κ3) is 1.85. The predicted octanol–water partition coefficient (Wildman–Crippen LogP) is 3.67. The summed E-state index contributed by atoms with van der Waals surface area (Å²) in [4.78, 5) is 2.17. The van der Waals surface area contributed by atoms with Crippen LogP contribution in [0.5, 0.6) is 0 Å². The molecule has 2 aromatic rings. The largest absolute Gasteiger partial charge is 0.345 e. The summed E-state index contributed by atoms with van der Waals surface area (Å²) >= 11 is 0. The Hall–Kier alpha value is -1.42. The number of benzene rings is 1. The Morgan fingerprint density at radius 1 is 1.24 bits per heavy atom. The van der Waals surface area contributed by atoms with Crippen molar-refractivity contribution in [2.75, 3.05) is 14.1 Å². The highest BCUT2D eigenvalue weighted by atomic mass is 19.2. The monoisotopic (exact) mass is 290 g/mol. The summed E-state index contributed by atoms with van der Waals surface area (Å²) in [5.74, 6) is -0.943. The van der Waals surface area contributed by atoms with Gasteiger partial charge in [0.2, 0.25) is 0 Å². The molecule has 1 aromatic carbocycles. The lowest BCUT2D eigenvalue weighted by atomic mass is 9.80. The molecule has 0 amide bonds. The third-order valence-corrected chi connectivity index (χ3v) is 5.28. The molecule has 2 heterocycles. The van der Waals surface area contributed by atoms with Crippen molar-refractivity contribution in [1.82, 2.24) is 9.47 Å². The van der Waals surface area contributed by atoms with Gasteiger partial charge in [-0.05, 0) is 56.5 Å². The van der Waals surface area contributed by atoms with Crippen molar-refractivity contribution in [2.24, 2.45) is 0 Å². The Kier molecular flexibility index (Phi) is 2.86. The van der Waals surface area contributed by atoms with Crippen LogP contribution in [0.25, 0.3) is 10.9 Å². The molecule has 0 unspecified atom stereocenters. The summed E-state index contributed by atoms with van der Waals surface area (Å²) in [5.41, 5.74) is 2.89. The first-order valence-corrected chi connectivity index (χ1v) is 7.72. The first-order chi connectivity index (χ1) is 10.1. The molecule has 1 aliphatic carbocycles. The SMILES string of the molecule is CN(C)[C@@H]1Cc2cc(F)c(F)c3c(C4CCC4)cn(c23)C1. The van der Waals surface area contributed by atoms with E-state index in [9.17, 15) is 8.78 Å². The van der Waals surface area contributed by atoms with Crippen LogP contribution < -0.4 is 0 Å². The molecule has 112 valence electrons. The van der Waals surface area contributed by atoms with Crippen molar-refractivity contribution >= 4 is 10.9 Å². The summed E-state index contributed by atoms with van der Waals surface area (Å²) in [6.45, 7) is 0.855. The van der Waals surface area contributed by atoms with E-state index in [-0.39, 0.29) is 0 Å². The number of hydrogen-bond acceptors (Lipinski definition) is 1. The third-order valence-electron chi connectivity index (χ3n) is 5.28. The van der Waals surface area contributed by atoms with Gasteiger partial charge in [-0.2, -0.15) is 0 Å². The van der Waals surface area contributed by atoms with E-state index < -0.39 is 11.6 Å². The number of likely N-dealkylation sites (N-methyl/N-ethyl adjacent to an activating group) is 1. The van der Waals surface area contributed by atoms with Crippen LogP contribution in [0, 0.1) is 11.6 Å². The maximum Gasteiger partial charge on any atom is 0.168 e. The quantitative estimate of drug-likeness (QED) is 0.819. The zero-order valence-electron chi connectivity index (χ0n) is 12.5. The second-order valence-electron chi connectivity index (χ2n) is 6.74. The van der Waals surface area contributed by atoms with Gasteiger partial charge in [0.25, 0.3) is 0 Å². The van der Waals surface area contributed by atoms with Gasteiger partial charge in [-0.15, -0.1) is 0 Å². The van der Waals surface area contributed by atoms with Crippen LogP contribution in [0.4, 0.5) is 8.78 Å². The predicted molar refractivity (Wildman–Crippen MR) is 79.6 cm³/mol. The first-order valence-electron chi connectivity index (χ1n) is 7.72. The normalized spacial score (nSPS) is 22.0. The Labute approximate surface area is 123 Å². The fourth-order valence-electron chi connectivity index (χ4n) is 3.78. The Balaban J connectivity index is 1.95. The summed E-state index contributed by atoms with van der Waals surface area (Å²) in [6, 6.07) is 1.74. The van der Waals surface area contributed by atoms with Crippen LogP contribution in [0.2, 0.25) is 0 Å². The molecule has 2 aliphatic rings. The Bertz CT molecular complexity index is 713. The minimum absolute atomic E-state index is 0.340. The highest BCUT2D eigenvalue weighted by molar-refractivity contribution is 5.89. The second-order valence-corrected chi connectivity index (χ2v) is 6.74. The van der Waals surface area contributed by atoms with E-state index in [2.05, 4.69) is 15.7 Å². The fourth-order valence-corrected chi connectivity index (χ4v) is 3.78. The number of rotatable bonds is 2. The van der Waals surface area contributed by atoms with E-state index in [4.69, 9.17) is 0 Å². The Morgan fingerprint density at radius 3 is 2.62 bits per heavy atom. The van der Waals surface area contributed by atoms with Gasteiger partial charge in [-0.3, -0.25) is 0 Å². The van der Waals surface area contributed by atoms with Crippen molar-refractivity contribution in [1.29, 1.82) is 0 Å². The summed E-state index contributed by atoms with van der Waals surface area (Å²) in [7, 11) is 4.09. The van der Waals surface area contributed by atoms with E-state index in [1.54, 1.807) is 0 Å². The standard InChI is InChI=1S/C17H20F2N2/c1-20(2)12-6-11-7-14(18)16(19)15-13(10-4-3-5-10)9-21(8-12)17(11)15/h7,9-10,12H,3-6,8H2,1-2H3/t12-/m1/s1. The summed E-state index contributed by atoms with van der Waals surface area (Å²) in [5, 5.41) is 0.548. The maximum absolute atomic E-state index is 14.4. The molecule has 0 N–H and O–H groups in total. The lowest BCUT2D eigenvalue weighted by Gasteiger charge is -2.30. The molecule has 0 saturated heterocycles. The molecule has 1 fully saturated rings. The molecule has 1 atom stereocenters. The molecular formula is C17H20F2N2. The van der Waals surface area contributed by atoms with Gasteiger partial charge in [0, 0.05) is 24.2 Å². The number of hydrogen-bond donors (Lipinski definition) is 0. The minimum Gasteiger partial charge on any atom is -0.345 e. The lowest BCUT2D eigenvalue weighted by Crippen LogP contribution is -2.36. The highest BCUT2D eigenvalue weighted by Gasteiger charge is 2.31. The molecule has 2 nitrogen and oxygen atoms in total. The molecule has 4 rings (SSSR count). The summed E-state index contributed by atoms with van der Waals surface area (Å²) in [6.07, 6.45) is 6.26. The zero-order valence-corrected chi connectivity index (χ0v) is 12.5. The summed E-state index contributed by atoms with van der Waals surface area (Å²) < 4.78 is 30.6. The van der Waals surface area contributed by atoms with E-state index in [0.29, 0.717) is 17.3 Å². The van der Waals surface area contributed by atoms with Gasteiger partial charge in [0.05, 0.1) is 5.52 Å². The average molecular weight is 290 g/mol. The van der Waals surface area contributed by atoms with Gasteiger partial charge >= 0.3 is 0 Å². The minimum atomic E-state index is -0.699. The second kappa shape index (κ2) is 4.54. The fraction of sp³-hybridized carbons (Fsp3) is 0.529. The van der Waals surface area contributed by atoms with E-state index >= 15 is 0 Å². The lowest BCUT2D eigenvalue weighted by molar-refractivity contribution is 0.258.